The van der Waals surface area contributed by atoms with Crippen molar-refractivity contribution in [2.24, 2.45) is 0 Å². The van der Waals surface area contributed by atoms with E-state index in [9.17, 15) is 4.79 Å². The molecule has 0 saturated heterocycles. The van der Waals surface area contributed by atoms with Crippen LogP contribution >= 0.6 is 11.6 Å². The minimum absolute atomic E-state index is 0.117. The number of hydrogen-bond acceptors (Lipinski definition) is 5. The predicted molar refractivity (Wildman–Crippen MR) is 107 cm³/mol. The minimum atomic E-state index is -0.117. The number of nitrogens with zero attached hydrogens (tertiary/aromatic N) is 5. The van der Waals surface area contributed by atoms with Gasteiger partial charge in [0.25, 0.3) is 5.56 Å². The molecule has 0 unspecified atom stereocenters. The fourth-order valence-electron chi connectivity index (χ4n) is 3.14. The zero-order valence-electron chi connectivity index (χ0n) is 14.5. The van der Waals surface area contributed by atoms with Crippen LogP contribution in [0, 0.1) is 0 Å². The molecule has 4 heterocycles. The van der Waals surface area contributed by atoms with Crippen LogP contribution in [0.2, 0.25) is 5.02 Å². The van der Waals surface area contributed by atoms with Crippen molar-refractivity contribution in [2.75, 3.05) is 5.32 Å². The van der Waals surface area contributed by atoms with Gasteiger partial charge < -0.3 is 14.9 Å². The highest BCUT2D eigenvalue weighted by Gasteiger charge is 2.11. The summed E-state index contributed by atoms with van der Waals surface area (Å²) in [5.41, 5.74) is 2.19. The summed E-state index contributed by atoms with van der Waals surface area (Å²) in [5.74, 6) is 1.30. The van der Waals surface area contributed by atoms with Crippen molar-refractivity contribution < 1.29 is 0 Å². The number of fused-ring (bicyclic) bond motifs is 2. The van der Waals surface area contributed by atoms with Gasteiger partial charge in [-0.15, -0.1) is 15.3 Å². The average Bonchev–Trinajstić information content (AvgIpc) is 3.28. The van der Waals surface area contributed by atoms with Crippen molar-refractivity contribution in [3.63, 3.8) is 0 Å². The number of hydrogen-bond donors (Lipinski definition) is 2. The zero-order valence-corrected chi connectivity index (χ0v) is 15.3. The van der Waals surface area contributed by atoms with E-state index >= 15 is 0 Å². The van der Waals surface area contributed by atoms with E-state index < -0.39 is 0 Å². The molecule has 5 aromatic rings. The van der Waals surface area contributed by atoms with Crippen LogP contribution in [0.1, 0.15) is 5.82 Å². The molecule has 0 atom stereocenters. The van der Waals surface area contributed by atoms with Crippen LogP contribution in [-0.2, 0) is 6.54 Å². The second-order valence-electron chi connectivity index (χ2n) is 6.29. The van der Waals surface area contributed by atoms with Crippen molar-refractivity contribution in [1.82, 2.24) is 29.4 Å². The smallest absolute Gasteiger partial charge is 0.257 e. The molecule has 138 valence electrons. The summed E-state index contributed by atoms with van der Waals surface area (Å²) in [4.78, 5) is 14.6. The molecule has 5 rings (SSSR count). The second kappa shape index (κ2) is 6.50. The van der Waals surface area contributed by atoms with Crippen LogP contribution in [0.25, 0.3) is 16.6 Å². The lowest BCUT2D eigenvalue weighted by Crippen LogP contribution is -2.08. The van der Waals surface area contributed by atoms with Gasteiger partial charge >= 0.3 is 0 Å². The number of pyridine rings is 1. The zero-order chi connectivity index (χ0) is 19.1. The van der Waals surface area contributed by atoms with Gasteiger partial charge in [0.2, 0.25) is 0 Å². The van der Waals surface area contributed by atoms with E-state index in [0.717, 1.165) is 11.2 Å². The van der Waals surface area contributed by atoms with Crippen LogP contribution in [0.15, 0.2) is 65.7 Å². The Morgan fingerprint density at radius 2 is 2.04 bits per heavy atom. The number of benzene rings is 1. The summed E-state index contributed by atoms with van der Waals surface area (Å²) in [7, 11) is 0. The Kier molecular flexibility index (Phi) is 3.84. The highest BCUT2D eigenvalue weighted by molar-refractivity contribution is 6.30. The molecule has 0 aliphatic heterocycles. The van der Waals surface area contributed by atoms with Gasteiger partial charge in [0.05, 0.1) is 17.4 Å². The third kappa shape index (κ3) is 2.89. The Morgan fingerprint density at radius 3 is 2.93 bits per heavy atom. The molecule has 0 aliphatic carbocycles. The minimum Gasteiger partial charge on any atom is -0.340 e. The number of nitrogens with one attached hydrogen (secondary N) is 2. The lowest BCUT2D eigenvalue weighted by molar-refractivity contribution is 0.728. The van der Waals surface area contributed by atoms with Gasteiger partial charge in [0.15, 0.2) is 17.3 Å². The van der Waals surface area contributed by atoms with Gasteiger partial charge in [0, 0.05) is 23.1 Å². The monoisotopic (exact) mass is 391 g/mol. The largest absolute Gasteiger partial charge is 0.340 e. The highest BCUT2D eigenvalue weighted by atomic mass is 35.5. The van der Waals surface area contributed by atoms with Gasteiger partial charge in [-0.25, -0.2) is 0 Å². The Bertz CT molecular complexity index is 1370. The van der Waals surface area contributed by atoms with Crippen molar-refractivity contribution in [2.45, 2.75) is 6.54 Å². The molecular weight excluding hydrogens is 378 g/mol. The Morgan fingerprint density at radius 1 is 1.11 bits per heavy atom. The van der Waals surface area contributed by atoms with Crippen LogP contribution in [0.4, 0.5) is 11.5 Å². The molecule has 9 heteroatoms. The summed E-state index contributed by atoms with van der Waals surface area (Å²) >= 11 is 6.04. The molecular formula is C19H14ClN7O. The van der Waals surface area contributed by atoms with Crippen molar-refractivity contribution in [3.8, 4) is 0 Å². The first-order chi connectivity index (χ1) is 13.7. The standard InChI is InChI=1S/C19H14ClN7O/c20-12-2-1-3-13(10-12)22-16-4-5-17-23-24-18(27(17)25-16)11-26-9-7-14-15(26)6-8-21-19(14)28/h1-10H,11H2,(H,21,28)(H,22,25). The summed E-state index contributed by atoms with van der Waals surface area (Å²) in [6, 6.07) is 14.7. The molecule has 28 heavy (non-hydrogen) atoms. The van der Waals surface area contributed by atoms with Crippen LogP contribution in [0.5, 0.6) is 0 Å². The highest BCUT2D eigenvalue weighted by Crippen LogP contribution is 2.19. The van der Waals surface area contributed by atoms with Gasteiger partial charge in [-0.1, -0.05) is 17.7 Å². The SMILES string of the molecule is O=c1[nH]ccc2c1ccn2Cc1nnc2ccc(Nc3cccc(Cl)c3)nn12. The molecule has 0 radical (unpaired) electrons. The molecule has 4 aromatic heterocycles. The normalized spacial score (nSPS) is 11.3. The number of aromatic amines is 1. The molecule has 0 aliphatic rings. The first kappa shape index (κ1) is 16.5. The van der Waals surface area contributed by atoms with Crippen molar-refractivity contribution in [3.05, 3.63) is 82.1 Å². The molecule has 0 saturated carbocycles. The fraction of sp³-hybridized carbons (Fsp3) is 0.0526. The number of rotatable bonds is 4. The summed E-state index contributed by atoms with van der Waals surface area (Å²) < 4.78 is 3.63. The van der Waals surface area contributed by atoms with E-state index in [-0.39, 0.29) is 5.56 Å². The maximum absolute atomic E-state index is 11.9. The van der Waals surface area contributed by atoms with Gasteiger partial charge in [0.1, 0.15) is 0 Å². The molecule has 0 fully saturated rings. The van der Waals surface area contributed by atoms with Gasteiger partial charge in [-0.3, -0.25) is 4.79 Å². The van der Waals surface area contributed by atoms with Gasteiger partial charge in [-0.2, -0.15) is 4.52 Å². The maximum atomic E-state index is 11.9. The lowest BCUT2D eigenvalue weighted by atomic mass is 10.3. The Balaban J connectivity index is 1.51. The predicted octanol–water partition coefficient (Wildman–Crippen LogP) is 3.21. The average molecular weight is 392 g/mol. The molecule has 2 N–H and O–H groups in total. The van der Waals surface area contributed by atoms with Crippen LogP contribution < -0.4 is 10.9 Å². The molecule has 0 spiro atoms. The fourth-order valence-corrected chi connectivity index (χ4v) is 3.33. The first-order valence-corrected chi connectivity index (χ1v) is 8.96. The summed E-state index contributed by atoms with van der Waals surface area (Å²) in [5, 5.41) is 17.5. The van der Waals surface area contributed by atoms with E-state index in [1.807, 2.05) is 53.2 Å². The number of anilines is 2. The molecule has 1 aromatic carbocycles. The van der Waals surface area contributed by atoms with Crippen molar-refractivity contribution in [1.29, 1.82) is 0 Å². The first-order valence-electron chi connectivity index (χ1n) is 8.58. The van der Waals surface area contributed by atoms with E-state index in [1.165, 1.54) is 0 Å². The third-order valence-corrected chi connectivity index (χ3v) is 4.68. The number of H-pyrrole nitrogens is 1. The quantitative estimate of drug-likeness (QED) is 0.490. The van der Waals surface area contributed by atoms with E-state index in [4.69, 9.17) is 11.6 Å². The van der Waals surface area contributed by atoms with Gasteiger partial charge in [-0.05, 0) is 42.5 Å². The molecule has 0 bridgehead atoms. The van der Waals surface area contributed by atoms with E-state index in [1.54, 1.807) is 16.8 Å². The Labute approximate surface area is 163 Å². The maximum Gasteiger partial charge on any atom is 0.257 e. The number of aromatic nitrogens is 6. The lowest BCUT2D eigenvalue weighted by Gasteiger charge is -2.07. The Hall–Kier alpha value is -3.65. The summed E-state index contributed by atoms with van der Waals surface area (Å²) in [6.45, 7) is 0.432. The van der Waals surface area contributed by atoms with E-state index in [2.05, 4.69) is 25.6 Å². The van der Waals surface area contributed by atoms with Crippen molar-refractivity contribution >= 4 is 39.7 Å². The van der Waals surface area contributed by atoms with Crippen LogP contribution in [0.3, 0.4) is 0 Å². The van der Waals surface area contributed by atoms with E-state index in [0.29, 0.717) is 34.2 Å². The molecule has 0 amide bonds. The molecule has 8 nitrogen and oxygen atoms in total. The second-order valence-corrected chi connectivity index (χ2v) is 6.73. The van der Waals surface area contributed by atoms with Crippen LogP contribution in [-0.4, -0.2) is 29.4 Å². The topological polar surface area (TPSA) is 92.9 Å². The summed E-state index contributed by atoms with van der Waals surface area (Å²) in [6.07, 6.45) is 3.49. The number of halogens is 1. The third-order valence-electron chi connectivity index (χ3n) is 4.44.